The van der Waals surface area contributed by atoms with Gasteiger partial charge in [-0.1, -0.05) is 24.3 Å². The third kappa shape index (κ3) is 5.20. The number of hydrogen-bond acceptors (Lipinski definition) is 5. The van der Waals surface area contributed by atoms with E-state index in [0.717, 1.165) is 75.8 Å². The molecule has 0 aromatic heterocycles. The number of ether oxygens (including phenoxy) is 1. The molecule has 1 unspecified atom stereocenters. The predicted molar refractivity (Wildman–Crippen MR) is 126 cm³/mol. The standard InChI is InChI=1S/C25H34N4O2/c1-19(16-21-17-22-8-9-29(20(2)30)25(22)24(26)18-21)28-12-10-27(11-13-28)14-15-31-23-6-4-3-5-7-23/h3-7,17-19H,8-16,26H2,1-2H3. The van der Waals surface area contributed by atoms with Crippen LogP contribution in [0.25, 0.3) is 0 Å². The van der Waals surface area contributed by atoms with Crippen LogP contribution in [0.5, 0.6) is 5.75 Å². The van der Waals surface area contributed by atoms with Crippen molar-refractivity contribution in [2.24, 2.45) is 0 Å². The number of carbonyl (C=O) groups is 1. The van der Waals surface area contributed by atoms with Gasteiger partial charge in [-0.05, 0) is 49.1 Å². The number of fused-ring (bicyclic) bond motifs is 1. The minimum atomic E-state index is 0.0682. The normalized spacial score (nSPS) is 18.1. The average Bonchev–Trinajstić information content (AvgIpc) is 3.20. The van der Waals surface area contributed by atoms with E-state index in [-0.39, 0.29) is 5.91 Å². The molecule has 2 heterocycles. The number of nitrogen functional groups attached to an aromatic ring is 1. The molecule has 2 aromatic carbocycles. The lowest BCUT2D eigenvalue weighted by Gasteiger charge is -2.38. The van der Waals surface area contributed by atoms with E-state index in [1.165, 1.54) is 11.1 Å². The first-order chi connectivity index (χ1) is 15.0. The number of benzene rings is 2. The molecule has 0 bridgehead atoms. The first kappa shape index (κ1) is 21.7. The molecule has 2 aliphatic heterocycles. The van der Waals surface area contributed by atoms with Crippen LogP contribution in [0.2, 0.25) is 0 Å². The number of amides is 1. The van der Waals surface area contributed by atoms with Gasteiger partial charge in [0.05, 0.1) is 11.4 Å². The maximum Gasteiger partial charge on any atom is 0.223 e. The highest BCUT2D eigenvalue weighted by atomic mass is 16.5. The second kappa shape index (κ2) is 9.71. The number of anilines is 2. The van der Waals surface area contributed by atoms with Crippen molar-refractivity contribution in [3.63, 3.8) is 0 Å². The largest absolute Gasteiger partial charge is 0.492 e. The van der Waals surface area contributed by atoms with Crippen LogP contribution in [0.1, 0.15) is 25.0 Å². The summed E-state index contributed by atoms with van der Waals surface area (Å²) in [6, 6.07) is 14.8. The van der Waals surface area contributed by atoms with Gasteiger partial charge in [0.1, 0.15) is 12.4 Å². The van der Waals surface area contributed by atoms with Gasteiger partial charge in [0.25, 0.3) is 0 Å². The SMILES string of the molecule is CC(=O)N1CCc2cc(CC(C)N3CCN(CCOc4ccccc4)CC3)cc(N)c21. The zero-order valence-electron chi connectivity index (χ0n) is 18.7. The maximum atomic E-state index is 11.8. The molecular formula is C25H34N4O2. The Labute approximate surface area is 185 Å². The van der Waals surface area contributed by atoms with Crippen LogP contribution >= 0.6 is 0 Å². The molecule has 2 aliphatic rings. The van der Waals surface area contributed by atoms with Crippen molar-refractivity contribution in [3.8, 4) is 5.75 Å². The van der Waals surface area contributed by atoms with Crippen LogP contribution in [-0.2, 0) is 17.6 Å². The van der Waals surface area contributed by atoms with Crippen molar-refractivity contribution in [2.45, 2.75) is 32.7 Å². The molecule has 1 atom stereocenters. The number of rotatable bonds is 7. The molecule has 1 saturated heterocycles. The second-order valence-corrected chi connectivity index (χ2v) is 8.71. The first-order valence-electron chi connectivity index (χ1n) is 11.3. The van der Waals surface area contributed by atoms with E-state index in [9.17, 15) is 4.79 Å². The highest BCUT2D eigenvalue weighted by Gasteiger charge is 2.26. The van der Waals surface area contributed by atoms with E-state index >= 15 is 0 Å². The fraction of sp³-hybridized carbons (Fsp3) is 0.480. The number of nitrogens with two attached hydrogens (primary N) is 1. The summed E-state index contributed by atoms with van der Waals surface area (Å²) in [5, 5.41) is 0. The summed E-state index contributed by atoms with van der Waals surface area (Å²) in [4.78, 5) is 18.7. The molecule has 4 rings (SSSR count). The van der Waals surface area contributed by atoms with Gasteiger partial charge in [0.2, 0.25) is 5.91 Å². The van der Waals surface area contributed by atoms with Gasteiger partial charge >= 0.3 is 0 Å². The molecule has 6 nitrogen and oxygen atoms in total. The molecule has 0 radical (unpaired) electrons. The molecule has 31 heavy (non-hydrogen) atoms. The van der Waals surface area contributed by atoms with E-state index in [2.05, 4.69) is 28.9 Å². The maximum absolute atomic E-state index is 11.8. The van der Waals surface area contributed by atoms with Crippen LogP contribution in [0.4, 0.5) is 11.4 Å². The molecule has 2 N–H and O–H groups in total. The van der Waals surface area contributed by atoms with Crippen LogP contribution in [0.3, 0.4) is 0 Å². The molecule has 0 aliphatic carbocycles. The zero-order valence-corrected chi connectivity index (χ0v) is 18.7. The summed E-state index contributed by atoms with van der Waals surface area (Å²) in [5.74, 6) is 1.01. The summed E-state index contributed by atoms with van der Waals surface area (Å²) < 4.78 is 5.84. The molecule has 1 amide bonds. The Morgan fingerprint density at radius 2 is 1.84 bits per heavy atom. The number of hydrogen-bond donors (Lipinski definition) is 1. The zero-order chi connectivity index (χ0) is 21.8. The third-order valence-electron chi connectivity index (χ3n) is 6.51. The minimum absolute atomic E-state index is 0.0682. The number of carbonyl (C=O) groups excluding carboxylic acids is 1. The Morgan fingerprint density at radius 1 is 1.10 bits per heavy atom. The Hall–Kier alpha value is -2.57. The Morgan fingerprint density at radius 3 is 2.55 bits per heavy atom. The van der Waals surface area contributed by atoms with E-state index in [4.69, 9.17) is 10.5 Å². The van der Waals surface area contributed by atoms with Crippen LogP contribution in [0.15, 0.2) is 42.5 Å². The van der Waals surface area contributed by atoms with Crippen molar-refractivity contribution in [2.75, 3.05) is 56.5 Å². The number of para-hydroxylation sites is 1. The van der Waals surface area contributed by atoms with E-state index in [1.807, 2.05) is 30.3 Å². The van der Waals surface area contributed by atoms with Crippen molar-refractivity contribution >= 4 is 17.3 Å². The summed E-state index contributed by atoms with van der Waals surface area (Å²) in [6.07, 6.45) is 1.87. The number of nitrogens with zero attached hydrogens (tertiary/aromatic N) is 3. The molecule has 1 fully saturated rings. The van der Waals surface area contributed by atoms with Gasteiger partial charge in [-0.15, -0.1) is 0 Å². The van der Waals surface area contributed by atoms with Gasteiger partial charge in [-0.3, -0.25) is 14.6 Å². The lowest BCUT2D eigenvalue weighted by atomic mass is 10.00. The highest BCUT2D eigenvalue weighted by molar-refractivity contribution is 5.97. The van der Waals surface area contributed by atoms with Crippen LogP contribution in [0, 0.1) is 0 Å². The molecule has 166 valence electrons. The Bertz CT molecular complexity index is 894. The van der Waals surface area contributed by atoms with Crippen molar-refractivity contribution in [1.29, 1.82) is 0 Å². The third-order valence-corrected chi connectivity index (χ3v) is 6.51. The van der Waals surface area contributed by atoms with Gasteiger partial charge in [-0.25, -0.2) is 0 Å². The van der Waals surface area contributed by atoms with Gasteiger partial charge in [0, 0.05) is 52.2 Å². The van der Waals surface area contributed by atoms with E-state index in [0.29, 0.717) is 6.04 Å². The summed E-state index contributed by atoms with van der Waals surface area (Å²) in [6.45, 7) is 10.6. The predicted octanol–water partition coefficient (Wildman–Crippen LogP) is 2.81. The monoisotopic (exact) mass is 422 g/mol. The fourth-order valence-corrected chi connectivity index (χ4v) is 4.79. The van der Waals surface area contributed by atoms with Crippen molar-refractivity contribution in [3.05, 3.63) is 53.6 Å². The topological polar surface area (TPSA) is 62.0 Å². The molecule has 0 spiro atoms. The quantitative estimate of drug-likeness (QED) is 0.696. The minimum Gasteiger partial charge on any atom is -0.492 e. The summed E-state index contributed by atoms with van der Waals surface area (Å²) in [5.41, 5.74) is 10.5. The molecular weight excluding hydrogens is 388 g/mol. The molecule has 6 heteroatoms. The lowest BCUT2D eigenvalue weighted by Crippen LogP contribution is -2.50. The Kier molecular flexibility index (Phi) is 6.78. The van der Waals surface area contributed by atoms with E-state index < -0.39 is 0 Å². The number of piperazine rings is 1. The van der Waals surface area contributed by atoms with Gasteiger partial charge in [-0.2, -0.15) is 0 Å². The van der Waals surface area contributed by atoms with E-state index in [1.54, 1.807) is 11.8 Å². The summed E-state index contributed by atoms with van der Waals surface area (Å²) in [7, 11) is 0. The fourth-order valence-electron chi connectivity index (χ4n) is 4.79. The molecule has 0 saturated carbocycles. The van der Waals surface area contributed by atoms with Crippen molar-refractivity contribution < 1.29 is 9.53 Å². The van der Waals surface area contributed by atoms with Crippen molar-refractivity contribution in [1.82, 2.24) is 9.80 Å². The smallest absolute Gasteiger partial charge is 0.223 e. The first-order valence-corrected chi connectivity index (χ1v) is 11.3. The lowest BCUT2D eigenvalue weighted by molar-refractivity contribution is -0.116. The van der Waals surface area contributed by atoms with Crippen LogP contribution < -0.4 is 15.4 Å². The Balaban J connectivity index is 1.25. The second-order valence-electron chi connectivity index (χ2n) is 8.71. The average molecular weight is 423 g/mol. The van der Waals surface area contributed by atoms with Crippen LogP contribution in [-0.4, -0.2) is 67.6 Å². The summed E-state index contributed by atoms with van der Waals surface area (Å²) >= 11 is 0. The van der Waals surface area contributed by atoms with Gasteiger partial charge in [0.15, 0.2) is 0 Å². The highest BCUT2D eigenvalue weighted by Crippen LogP contribution is 2.35. The van der Waals surface area contributed by atoms with Gasteiger partial charge < -0.3 is 15.4 Å². The molecule has 2 aromatic rings.